The van der Waals surface area contributed by atoms with Gasteiger partial charge in [-0.25, -0.2) is 0 Å². The maximum Gasteiger partial charge on any atom is 0.250 e. The standard InChI is InChI=1S/C15H16N2O3/c1-10(17-13(18)6-7-14(17)19)15(20)16-9-8-11-4-2-3-5-12(11)16/h2-5,10H,6-9H2,1H3/t10-/m0/s1. The van der Waals surface area contributed by atoms with Gasteiger partial charge in [0.25, 0.3) is 0 Å². The van der Waals surface area contributed by atoms with Crippen LogP contribution in [0.5, 0.6) is 0 Å². The van der Waals surface area contributed by atoms with Gasteiger partial charge in [0, 0.05) is 25.1 Å². The van der Waals surface area contributed by atoms with Crippen LogP contribution in [0.1, 0.15) is 25.3 Å². The Morgan fingerprint density at radius 3 is 2.45 bits per heavy atom. The minimum absolute atomic E-state index is 0.182. The third-order valence-corrected chi connectivity index (χ3v) is 3.99. The van der Waals surface area contributed by atoms with Gasteiger partial charge in [0.15, 0.2) is 0 Å². The van der Waals surface area contributed by atoms with Crippen LogP contribution < -0.4 is 4.90 Å². The fourth-order valence-electron chi connectivity index (χ4n) is 2.93. The van der Waals surface area contributed by atoms with E-state index in [1.54, 1.807) is 11.8 Å². The van der Waals surface area contributed by atoms with E-state index in [9.17, 15) is 14.4 Å². The molecule has 1 fully saturated rings. The molecule has 1 aromatic carbocycles. The molecule has 0 N–H and O–H groups in total. The van der Waals surface area contributed by atoms with Crippen LogP contribution in [-0.4, -0.2) is 35.2 Å². The van der Waals surface area contributed by atoms with Crippen molar-refractivity contribution in [1.82, 2.24) is 4.90 Å². The lowest BCUT2D eigenvalue weighted by Gasteiger charge is -2.26. The van der Waals surface area contributed by atoms with Crippen LogP contribution >= 0.6 is 0 Å². The van der Waals surface area contributed by atoms with E-state index in [1.807, 2.05) is 24.3 Å². The topological polar surface area (TPSA) is 57.7 Å². The number of amides is 3. The second-order valence-electron chi connectivity index (χ2n) is 5.20. The molecule has 1 saturated heterocycles. The van der Waals surface area contributed by atoms with Crippen molar-refractivity contribution in [3.05, 3.63) is 29.8 Å². The molecule has 0 unspecified atom stereocenters. The first-order valence-corrected chi connectivity index (χ1v) is 6.84. The summed E-state index contributed by atoms with van der Waals surface area (Å²) in [6.45, 7) is 2.24. The van der Waals surface area contributed by atoms with E-state index >= 15 is 0 Å². The summed E-state index contributed by atoms with van der Waals surface area (Å²) in [5.74, 6) is -0.676. The number of benzene rings is 1. The zero-order valence-electron chi connectivity index (χ0n) is 11.3. The van der Waals surface area contributed by atoms with E-state index in [-0.39, 0.29) is 30.6 Å². The van der Waals surface area contributed by atoms with E-state index in [2.05, 4.69) is 0 Å². The molecule has 0 bridgehead atoms. The number of hydrogen-bond donors (Lipinski definition) is 0. The highest BCUT2D eigenvalue weighted by molar-refractivity contribution is 6.08. The molecule has 0 saturated carbocycles. The van der Waals surface area contributed by atoms with Gasteiger partial charge in [-0.3, -0.25) is 19.3 Å². The van der Waals surface area contributed by atoms with Gasteiger partial charge >= 0.3 is 0 Å². The van der Waals surface area contributed by atoms with Gasteiger partial charge in [-0.15, -0.1) is 0 Å². The van der Waals surface area contributed by atoms with Crippen LogP contribution in [0.3, 0.4) is 0 Å². The van der Waals surface area contributed by atoms with Gasteiger partial charge in [-0.05, 0) is 25.0 Å². The molecular weight excluding hydrogens is 256 g/mol. The van der Waals surface area contributed by atoms with Gasteiger partial charge < -0.3 is 4.90 Å². The van der Waals surface area contributed by atoms with Crippen LogP contribution in [0.4, 0.5) is 5.69 Å². The van der Waals surface area contributed by atoms with E-state index in [1.165, 1.54) is 0 Å². The molecule has 0 aromatic heterocycles. The smallest absolute Gasteiger partial charge is 0.250 e. The van der Waals surface area contributed by atoms with Crippen molar-refractivity contribution in [2.75, 3.05) is 11.4 Å². The van der Waals surface area contributed by atoms with Crippen LogP contribution in [-0.2, 0) is 20.8 Å². The maximum atomic E-state index is 12.6. The normalized spacial score (nSPS) is 19.4. The lowest BCUT2D eigenvalue weighted by atomic mass is 10.2. The molecule has 1 atom stereocenters. The van der Waals surface area contributed by atoms with Crippen molar-refractivity contribution >= 4 is 23.4 Å². The summed E-state index contributed by atoms with van der Waals surface area (Å²) < 4.78 is 0. The molecule has 5 heteroatoms. The van der Waals surface area contributed by atoms with Gasteiger partial charge in [0.2, 0.25) is 17.7 Å². The third kappa shape index (κ3) is 1.90. The number of imide groups is 1. The maximum absolute atomic E-state index is 12.6. The molecular formula is C15H16N2O3. The summed E-state index contributed by atoms with van der Waals surface area (Å²) in [6.07, 6.45) is 1.25. The monoisotopic (exact) mass is 272 g/mol. The van der Waals surface area contributed by atoms with E-state index in [0.29, 0.717) is 6.54 Å². The number of hydrogen-bond acceptors (Lipinski definition) is 3. The predicted molar refractivity (Wildman–Crippen MR) is 73.0 cm³/mol. The van der Waals surface area contributed by atoms with Gasteiger partial charge in [0.05, 0.1) is 0 Å². The van der Waals surface area contributed by atoms with Crippen molar-refractivity contribution in [1.29, 1.82) is 0 Å². The Balaban J connectivity index is 1.83. The summed E-state index contributed by atoms with van der Waals surface area (Å²) in [5.41, 5.74) is 2.02. The van der Waals surface area contributed by atoms with E-state index in [4.69, 9.17) is 0 Å². The van der Waals surface area contributed by atoms with Gasteiger partial charge in [0.1, 0.15) is 6.04 Å². The average Bonchev–Trinajstić information content (AvgIpc) is 3.01. The van der Waals surface area contributed by atoms with Gasteiger partial charge in [-0.2, -0.15) is 0 Å². The van der Waals surface area contributed by atoms with Crippen LogP contribution in [0.2, 0.25) is 0 Å². The molecule has 0 spiro atoms. The molecule has 20 heavy (non-hydrogen) atoms. The summed E-state index contributed by atoms with van der Waals surface area (Å²) in [4.78, 5) is 38.8. The lowest BCUT2D eigenvalue weighted by molar-refractivity contribution is -0.145. The predicted octanol–water partition coefficient (Wildman–Crippen LogP) is 1.11. The molecule has 2 heterocycles. The first-order valence-electron chi connectivity index (χ1n) is 6.84. The SMILES string of the molecule is C[C@@H](C(=O)N1CCc2ccccc21)N1C(=O)CCC1=O. The van der Waals surface area contributed by atoms with Crippen molar-refractivity contribution in [3.63, 3.8) is 0 Å². The van der Waals surface area contributed by atoms with Crippen LogP contribution in [0, 0.1) is 0 Å². The second-order valence-corrected chi connectivity index (χ2v) is 5.20. The lowest BCUT2D eigenvalue weighted by Crippen LogP contribution is -2.48. The Morgan fingerprint density at radius 2 is 1.75 bits per heavy atom. The van der Waals surface area contributed by atoms with E-state index in [0.717, 1.165) is 22.6 Å². The highest BCUT2D eigenvalue weighted by Crippen LogP contribution is 2.29. The first-order chi connectivity index (χ1) is 9.59. The first kappa shape index (κ1) is 12.8. The fraction of sp³-hybridized carbons (Fsp3) is 0.400. The van der Waals surface area contributed by atoms with Crippen LogP contribution in [0.15, 0.2) is 24.3 Å². The average molecular weight is 272 g/mol. The molecule has 0 radical (unpaired) electrons. The fourth-order valence-corrected chi connectivity index (χ4v) is 2.93. The third-order valence-electron chi connectivity index (χ3n) is 3.99. The van der Waals surface area contributed by atoms with Gasteiger partial charge in [-0.1, -0.05) is 18.2 Å². The number of fused-ring (bicyclic) bond motifs is 1. The molecule has 2 aliphatic heterocycles. The second kappa shape index (κ2) is 4.74. The number of rotatable bonds is 2. The van der Waals surface area contributed by atoms with Crippen molar-refractivity contribution in [2.45, 2.75) is 32.2 Å². The Bertz CT molecular complexity index is 581. The largest absolute Gasteiger partial charge is 0.310 e. The van der Waals surface area contributed by atoms with Crippen molar-refractivity contribution in [2.24, 2.45) is 0 Å². The summed E-state index contributed by atoms with van der Waals surface area (Å²) >= 11 is 0. The molecule has 3 rings (SSSR count). The molecule has 3 amide bonds. The Morgan fingerprint density at radius 1 is 1.10 bits per heavy atom. The highest BCUT2D eigenvalue weighted by Gasteiger charge is 2.39. The summed E-state index contributed by atoms with van der Waals surface area (Å²) in [7, 11) is 0. The quantitative estimate of drug-likeness (QED) is 0.758. The minimum atomic E-state index is -0.719. The molecule has 5 nitrogen and oxygen atoms in total. The number of para-hydroxylation sites is 1. The number of anilines is 1. The molecule has 104 valence electrons. The molecule has 2 aliphatic rings. The number of carbonyl (C=O) groups is 3. The molecule has 0 aliphatic carbocycles. The van der Waals surface area contributed by atoms with E-state index < -0.39 is 6.04 Å². The zero-order chi connectivity index (χ0) is 14.3. The number of likely N-dealkylation sites (tertiary alicyclic amines) is 1. The Labute approximate surface area is 117 Å². The summed E-state index contributed by atoms with van der Waals surface area (Å²) in [5, 5.41) is 0. The zero-order valence-corrected chi connectivity index (χ0v) is 11.3. The minimum Gasteiger partial charge on any atom is -0.310 e. The van der Waals surface area contributed by atoms with Crippen LogP contribution in [0.25, 0.3) is 0 Å². The highest BCUT2D eigenvalue weighted by atomic mass is 16.2. The molecule has 1 aromatic rings. The number of nitrogens with zero attached hydrogens (tertiary/aromatic N) is 2. The summed E-state index contributed by atoms with van der Waals surface area (Å²) in [6, 6.07) is 7.02. The van der Waals surface area contributed by atoms with Crippen molar-refractivity contribution < 1.29 is 14.4 Å². The Kier molecular flexibility index (Phi) is 3.04. The Hall–Kier alpha value is -2.17. The number of carbonyl (C=O) groups excluding carboxylic acids is 3. The van der Waals surface area contributed by atoms with Crippen molar-refractivity contribution in [3.8, 4) is 0 Å².